The predicted octanol–water partition coefficient (Wildman–Crippen LogP) is 3.51. The molecule has 6 aliphatic heterocycles. The molecule has 328 valence electrons. The molecule has 0 bridgehead atoms. The SMILES string of the molecule is O=C1CO[C@@H]2CCN(C(=O)N3CC(OCc4ccc(C(F)(F)F)cc4F)C3)C[C@H]2N1.O=C1CO[C@H]2CCN(C(=O)N3CC(OCc4ccc(C(F)(F)F)cc4F)C3)C[C@@H]2N1. The van der Waals surface area contributed by atoms with Gasteiger partial charge in [0.05, 0.1) is 87.0 Å². The summed E-state index contributed by atoms with van der Waals surface area (Å²) < 4.78 is 125. The van der Waals surface area contributed by atoms with Crippen LogP contribution in [0.5, 0.6) is 0 Å². The molecule has 6 heterocycles. The standard InChI is InChI=1S/2C19H21F4N3O4/c2*20-14-5-12(19(21,22)23)2-1-11(14)9-29-13-6-26(7-13)18(28)25-4-3-16-15(8-25)24-17(27)10-30-16/h2*1-2,5,13,15-16H,3-4,6-10H2,(H,24,27)/t2*15-,16-/m10/s1. The average molecular weight is 863 g/mol. The minimum Gasteiger partial charge on any atom is -0.370 e. The van der Waals surface area contributed by atoms with Gasteiger partial charge in [0.1, 0.15) is 24.8 Å². The lowest BCUT2D eigenvalue weighted by Crippen LogP contribution is -2.65. The zero-order valence-corrected chi connectivity index (χ0v) is 31.9. The van der Waals surface area contributed by atoms with Crippen molar-refractivity contribution < 1.29 is 73.2 Å². The first-order chi connectivity index (χ1) is 28.4. The lowest BCUT2D eigenvalue weighted by molar-refractivity contribution is -0.140. The Kier molecular flexibility index (Phi) is 12.7. The van der Waals surface area contributed by atoms with Gasteiger partial charge in [-0.3, -0.25) is 9.59 Å². The second-order valence-electron chi connectivity index (χ2n) is 15.4. The third-order valence-corrected chi connectivity index (χ3v) is 11.1. The van der Waals surface area contributed by atoms with Crippen LogP contribution in [0.15, 0.2) is 36.4 Å². The fourth-order valence-corrected chi connectivity index (χ4v) is 7.64. The molecule has 0 aromatic heterocycles. The maximum Gasteiger partial charge on any atom is 0.416 e. The molecule has 4 atom stereocenters. The fraction of sp³-hybridized carbons (Fsp3) is 0.579. The molecule has 0 saturated carbocycles. The van der Waals surface area contributed by atoms with Gasteiger partial charge in [-0.15, -0.1) is 0 Å². The largest absolute Gasteiger partial charge is 0.416 e. The van der Waals surface area contributed by atoms with Crippen LogP contribution in [-0.2, 0) is 54.1 Å². The molecule has 60 heavy (non-hydrogen) atoms. The number of benzene rings is 2. The lowest BCUT2D eigenvalue weighted by Gasteiger charge is -2.45. The van der Waals surface area contributed by atoms with Crippen molar-refractivity contribution in [3.8, 4) is 0 Å². The van der Waals surface area contributed by atoms with E-state index in [0.29, 0.717) is 77.3 Å². The van der Waals surface area contributed by atoms with Crippen molar-refractivity contribution in [1.29, 1.82) is 0 Å². The summed E-state index contributed by atoms with van der Waals surface area (Å²) in [5.74, 6) is -2.34. The van der Waals surface area contributed by atoms with Crippen molar-refractivity contribution in [2.45, 2.75) is 74.9 Å². The highest BCUT2D eigenvalue weighted by Gasteiger charge is 2.42. The van der Waals surface area contributed by atoms with Gasteiger partial charge in [-0.1, -0.05) is 12.1 Å². The number of likely N-dealkylation sites (tertiary alicyclic amines) is 4. The Morgan fingerprint density at radius 3 is 1.35 bits per heavy atom. The van der Waals surface area contributed by atoms with Crippen molar-refractivity contribution in [2.75, 3.05) is 65.6 Å². The highest BCUT2D eigenvalue weighted by molar-refractivity contribution is 5.80. The molecule has 2 aromatic rings. The Morgan fingerprint density at radius 2 is 1.00 bits per heavy atom. The zero-order chi connectivity index (χ0) is 42.9. The summed E-state index contributed by atoms with van der Waals surface area (Å²) in [5.41, 5.74) is -2.04. The van der Waals surface area contributed by atoms with E-state index in [2.05, 4.69) is 10.6 Å². The molecule has 6 saturated heterocycles. The van der Waals surface area contributed by atoms with Crippen LogP contribution in [-0.4, -0.2) is 146 Å². The fourth-order valence-electron chi connectivity index (χ4n) is 7.64. The average Bonchev–Trinajstić information content (AvgIpc) is 3.16. The van der Waals surface area contributed by atoms with Crippen LogP contribution < -0.4 is 10.6 Å². The molecule has 0 unspecified atom stereocenters. The second kappa shape index (κ2) is 17.7. The number of morpholine rings is 2. The van der Waals surface area contributed by atoms with Crippen molar-refractivity contribution in [1.82, 2.24) is 30.2 Å². The highest BCUT2D eigenvalue weighted by Crippen LogP contribution is 2.32. The Bertz CT molecular complexity index is 1790. The summed E-state index contributed by atoms with van der Waals surface area (Å²) in [4.78, 5) is 54.7. The number of hydrogen-bond donors (Lipinski definition) is 2. The van der Waals surface area contributed by atoms with Crippen molar-refractivity contribution in [2.24, 2.45) is 0 Å². The minimum atomic E-state index is -4.60. The number of hydrogen-bond acceptors (Lipinski definition) is 8. The summed E-state index contributed by atoms with van der Waals surface area (Å²) in [6.07, 6.45) is -8.73. The third kappa shape index (κ3) is 10.2. The maximum atomic E-state index is 13.9. The maximum absolute atomic E-state index is 13.9. The molecular formula is C38H42F8N6O8. The third-order valence-electron chi connectivity index (χ3n) is 11.1. The quantitative estimate of drug-likeness (QED) is 0.421. The molecule has 2 aromatic carbocycles. The van der Waals surface area contributed by atoms with Crippen LogP contribution in [0.1, 0.15) is 35.1 Å². The molecule has 14 nitrogen and oxygen atoms in total. The smallest absolute Gasteiger partial charge is 0.370 e. The minimum absolute atomic E-state index is 0.0305. The topological polar surface area (TPSA) is 142 Å². The molecule has 0 aliphatic carbocycles. The number of nitrogens with zero attached hydrogens (tertiary/aromatic N) is 4. The molecule has 2 N–H and O–H groups in total. The number of halogens is 8. The number of rotatable bonds is 6. The number of nitrogens with one attached hydrogen (secondary N) is 2. The van der Waals surface area contributed by atoms with Crippen LogP contribution in [0.25, 0.3) is 0 Å². The van der Waals surface area contributed by atoms with Crippen LogP contribution in [0.2, 0.25) is 0 Å². The summed E-state index contributed by atoms with van der Waals surface area (Å²) in [6, 6.07) is 3.86. The monoisotopic (exact) mass is 862 g/mol. The molecule has 22 heteroatoms. The van der Waals surface area contributed by atoms with Gasteiger partial charge in [-0.25, -0.2) is 18.4 Å². The van der Waals surface area contributed by atoms with Crippen molar-refractivity contribution in [3.05, 3.63) is 70.3 Å². The number of fused-ring (bicyclic) bond motifs is 2. The van der Waals surface area contributed by atoms with Gasteiger partial charge < -0.3 is 49.2 Å². The molecule has 6 amide bonds. The van der Waals surface area contributed by atoms with E-state index in [1.807, 2.05) is 0 Å². The highest BCUT2D eigenvalue weighted by atomic mass is 19.4. The van der Waals surface area contributed by atoms with E-state index >= 15 is 0 Å². The molecular weight excluding hydrogens is 820 g/mol. The molecule has 6 fully saturated rings. The first-order valence-electron chi connectivity index (χ1n) is 19.3. The second-order valence-corrected chi connectivity index (χ2v) is 15.4. The van der Waals surface area contributed by atoms with Gasteiger partial charge in [0.25, 0.3) is 0 Å². The number of carbonyl (C=O) groups is 4. The van der Waals surface area contributed by atoms with E-state index < -0.39 is 35.1 Å². The summed E-state index contributed by atoms with van der Waals surface area (Å²) >= 11 is 0. The van der Waals surface area contributed by atoms with Gasteiger partial charge in [0, 0.05) is 37.3 Å². The predicted molar refractivity (Wildman–Crippen MR) is 190 cm³/mol. The first kappa shape index (κ1) is 43.3. The van der Waals surface area contributed by atoms with E-state index in [4.69, 9.17) is 18.9 Å². The Balaban J connectivity index is 0.000000181. The van der Waals surface area contributed by atoms with Gasteiger partial charge in [-0.05, 0) is 37.1 Å². The Morgan fingerprint density at radius 1 is 0.617 bits per heavy atom. The first-order valence-corrected chi connectivity index (χ1v) is 19.3. The van der Waals surface area contributed by atoms with Crippen molar-refractivity contribution >= 4 is 23.9 Å². The van der Waals surface area contributed by atoms with Crippen LogP contribution >= 0.6 is 0 Å². The number of ether oxygens (including phenoxy) is 4. The molecule has 6 aliphatic rings. The number of amides is 6. The van der Waals surface area contributed by atoms with Gasteiger partial charge in [-0.2, -0.15) is 26.3 Å². The van der Waals surface area contributed by atoms with Gasteiger partial charge in [0.15, 0.2) is 0 Å². The van der Waals surface area contributed by atoms with E-state index in [1.165, 1.54) is 0 Å². The van der Waals surface area contributed by atoms with Crippen LogP contribution in [0.4, 0.5) is 44.7 Å². The van der Waals surface area contributed by atoms with E-state index in [-0.39, 0.29) is 97.9 Å². The molecule has 8 rings (SSSR count). The van der Waals surface area contributed by atoms with E-state index in [9.17, 15) is 54.3 Å². The normalized spacial score (nSPS) is 24.9. The molecule has 0 radical (unpaired) electrons. The number of piperidine rings is 2. The summed E-state index contributed by atoms with van der Waals surface area (Å²) in [5, 5.41) is 5.67. The summed E-state index contributed by atoms with van der Waals surface area (Å²) in [7, 11) is 0. The Hall–Kier alpha value is -4.80. The lowest BCUT2D eigenvalue weighted by atomic mass is 10.0. The summed E-state index contributed by atoms with van der Waals surface area (Å²) in [6.45, 7) is 2.78. The van der Waals surface area contributed by atoms with Crippen LogP contribution in [0, 0.1) is 11.6 Å². The van der Waals surface area contributed by atoms with E-state index in [1.54, 1.807) is 19.6 Å². The van der Waals surface area contributed by atoms with Crippen LogP contribution in [0.3, 0.4) is 0 Å². The number of carbonyl (C=O) groups excluding carboxylic acids is 4. The van der Waals surface area contributed by atoms with Gasteiger partial charge in [0.2, 0.25) is 11.8 Å². The molecule has 0 spiro atoms. The number of alkyl halides is 6. The number of urea groups is 2. The van der Waals surface area contributed by atoms with Crippen molar-refractivity contribution in [3.63, 3.8) is 0 Å². The van der Waals surface area contributed by atoms with Gasteiger partial charge >= 0.3 is 24.4 Å². The Labute approximate surface area is 338 Å². The van der Waals surface area contributed by atoms with E-state index in [0.717, 1.165) is 24.3 Å². The zero-order valence-electron chi connectivity index (χ0n) is 31.9.